The van der Waals surface area contributed by atoms with Gasteiger partial charge in [-0.1, -0.05) is 25.1 Å². The first-order valence-electron chi connectivity index (χ1n) is 7.58. The highest BCUT2D eigenvalue weighted by Crippen LogP contribution is 2.23. The Bertz CT molecular complexity index is 567. The number of nitrogens with zero attached hydrogens (tertiary/aromatic N) is 2. The Morgan fingerprint density at radius 3 is 2.65 bits per heavy atom. The number of hydrogen-bond donors (Lipinski definition) is 2. The van der Waals surface area contributed by atoms with E-state index in [9.17, 15) is 0 Å². The molecule has 0 radical (unpaired) electrons. The van der Waals surface area contributed by atoms with E-state index in [-0.39, 0.29) is 0 Å². The first-order chi connectivity index (χ1) is 9.78. The minimum absolute atomic E-state index is 0.981. The summed E-state index contributed by atoms with van der Waals surface area (Å²) < 4.78 is 0. The van der Waals surface area contributed by atoms with E-state index in [2.05, 4.69) is 41.1 Å². The van der Waals surface area contributed by atoms with Crippen LogP contribution < -0.4 is 5.84 Å². The lowest BCUT2D eigenvalue weighted by molar-refractivity contribution is 0.135. The minimum Gasteiger partial charge on any atom is -0.358 e. The van der Waals surface area contributed by atoms with Gasteiger partial charge in [0.15, 0.2) is 0 Å². The molecule has 4 nitrogen and oxygen atoms in total. The molecule has 1 aliphatic rings. The molecule has 0 aliphatic carbocycles. The van der Waals surface area contributed by atoms with Crippen molar-refractivity contribution in [1.29, 1.82) is 0 Å². The lowest BCUT2D eigenvalue weighted by Crippen LogP contribution is -2.49. The van der Waals surface area contributed by atoms with Gasteiger partial charge in [-0.15, -0.1) is 0 Å². The van der Waals surface area contributed by atoms with Crippen LogP contribution in [0, 0.1) is 0 Å². The number of rotatable bonds is 4. The van der Waals surface area contributed by atoms with E-state index in [0.717, 1.165) is 45.6 Å². The monoisotopic (exact) mass is 272 g/mol. The smallest absolute Gasteiger partial charge is 0.0458 e. The van der Waals surface area contributed by atoms with E-state index in [4.69, 9.17) is 5.84 Å². The fraction of sp³-hybridized carbons (Fsp3) is 0.500. The average Bonchev–Trinajstić information content (AvgIpc) is 2.84. The van der Waals surface area contributed by atoms with Gasteiger partial charge in [-0.05, 0) is 24.5 Å². The third kappa shape index (κ3) is 2.73. The number of nitrogens with two attached hydrogens (primary N) is 1. The van der Waals surface area contributed by atoms with Crippen molar-refractivity contribution >= 4 is 10.9 Å². The predicted molar refractivity (Wildman–Crippen MR) is 83.6 cm³/mol. The number of benzene rings is 1. The molecule has 1 saturated heterocycles. The molecule has 0 amide bonds. The number of H-pyrrole nitrogens is 1. The molecule has 0 saturated carbocycles. The summed E-state index contributed by atoms with van der Waals surface area (Å²) in [6.45, 7) is 7.48. The van der Waals surface area contributed by atoms with Crippen LogP contribution in [0.25, 0.3) is 10.9 Å². The molecule has 1 aromatic carbocycles. The Hall–Kier alpha value is -1.36. The summed E-state index contributed by atoms with van der Waals surface area (Å²) in [6, 6.07) is 8.64. The molecule has 108 valence electrons. The highest BCUT2D eigenvalue weighted by molar-refractivity contribution is 5.84. The van der Waals surface area contributed by atoms with Gasteiger partial charge in [0.05, 0.1) is 0 Å². The highest BCUT2D eigenvalue weighted by atomic mass is 15.4. The Balaban J connectivity index is 1.73. The van der Waals surface area contributed by atoms with E-state index in [1.54, 1.807) is 0 Å². The molecular formula is C16H24N4. The second-order valence-corrected chi connectivity index (χ2v) is 5.61. The lowest BCUT2D eigenvalue weighted by atomic mass is 10.1. The van der Waals surface area contributed by atoms with Gasteiger partial charge in [0.2, 0.25) is 0 Å². The zero-order chi connectivity index (χ0) is 13.9. The number of aryl methyl sites for hydroxylation is 1. The van der Waals surface area contributed by atoms with Crippen molar-refractivity contribution in [2.45, 2.75) is 19.8 Å². The molecule has 3 N–H and O–H groups in total. The maximum Gasteiger partial charge on any atom is 0.0458 e. The third-order valence-electron chi connectivity index (χ3n) is 4.34. The quantitative estimate of drug-likeness (QED) is 0.834. The van der Waals surface area contributed by atoms with Crippen LogP contribution in [0.2, 0.25) is 0 Å². The van der Waals surface area contributed by atoms with E-state index in [0.29, 0.717) is 0 Å². The molecule has 0 unspecified atom stereocenters. The molecule has 1 aliphatic heterocycles. The van der Waals surface area contributed by atoms with Crippen molar-refractivity contribution in [2.24, 2.45) is 5.84 Å². The molecule has 0 bridgehead atoms. The first-order valence-corrected chi connectivity index (χ1v) is 7.58. The number of hydrogen-bond acceptors (Lipinski definition) is 3. The van der Waals surface area contributed by atoms with E-state index in [1.807, 2.05) is 5.01 Å². The molecule has 4 heteroatoms. The van der Waals surface area contributed by atoms with Crippen LogP contribution in [0.4, 0.5) is 0 Å². The largest absolute Gasteiger partial charge is 0.358 e. The maximum absolute atomic E-state index is 5.81. The summed E-state index contributed by atoms with van der Waals surface area (Å²) in [5, 5.41) is 3.31. The van der Waals surface area contributed by atoms with Crippen molar-refractivity contribution in [3.8, 4) is 0 Å². The molecule has 1 fully saturated rings. The Morgan fingerprint density at radius 2 is 1.90 bits per heavy atom. The minimum atomic E-state index is 0.981. The Morgan fingerprint density at radius 1 is 1.15 bits per heavy atom. The van der Waals surface area contributed by atoms with Gasteiger partial charge in [0, 0.05) is 49.3 Å². The van der Waals surface area contributed by atoms with Crippen LogP contribution in [-0.2, 0) is 12.8 Å². The third-order valence-corrected chi connectivity index (χ3v) is 4.34. The summed E-state index contributed by atoms with van der Waals surface area (Å²) in [5.41, 5.74) is 4.16. The van der Waals surface area contributed by atoms with Gasteiger partial charge in [-0.2, -0.15) is 0 Å². The van der Waals surface area contributed by atoms with Crippen LogP contribution in [0.3, 0.4) is 0 Å². The lowest BCUT2D eigenvalue weighted by Gasteiger charge is -2.31. The van der Waals surface area contributed by atoms with Gasteiger partial charge >= 0.3 is 0 Å². The molecular weight excluding hydrogens is 248 g/mol. The maximum atomic E-state index is 5.81. The summed E-state index contributed by atoms with van der Waals surface area (Å²) >= 11 is 0. The van der Waals surface area contributed by atoms with Crippen molar-refractivity contribution in [3.05, 3.63) is 35.5 Å². The zero-order valence-electron chi connectivity index (χ0n) is 12.2. The fourth-order valence-electron chi connectivity index (χ4n) is 3.10. The number of aromatic nitrogens is 1. The zero-order valence-corrected chi connectivity index (χ0v) is 12.2. The number of fused-ring (bicyclic) bond motifs is 1. The molecule has 1 aromatic heterocycles. The van der Waals surface area contributed by atoms with Gasteiger partial charge < -0.3 is 9.88 Å². The van der Waals surface area contributed by atoms with Gasteiger partial charge in [-0.3, -0.25) is 5.84 Å². The first kappa shape index (κ1) is 13.6. The molecule has 2 aromatic rings. The second-order valence-electron chi connectivity index (χ2n) is 5.61. The SMILES string of the molecule is CCc1[nH]c2ccccc2c1CCN1CCN(N)CC1. The fourth-order valence-corrected chi connectivity index (χ4v) is 3.10. The standard InChI is InChI=1S/C16H24N4/c1-2-15-14(13-5-3-4-6-16(13)18-15)7-8-19-9-11-20(17)12-10-19/h3-6,18H,2,7-12,17H2,1H3. The topological polar surface area (TPSA) is 48.3 Å². The summed E-state index contributed by atoms with van der Waals surface area (Å²) in [5.74, 6) is 5.81. The van der Waals surface area contributed by atoms with E-state index in [1.165, 1.54) is 22.2 Å². The second kappa shape index (κ2) is 5.95. The van der Waals surface area contributed by atoms with E-state index >= 15 is 0 Å². The van der Waals surface area contributed by atoms with Crippen molar-refractivity contribution in [1.82, 2.24) is 14.9 Å². The van der Waals surface area contributed by atoms with Crippen LogP contribution in [0.5, 0.6) is 0 Å². The summed E-state index contributed by atoms with van der Waals surface area (Å²) in [6.07, 6.45) is 2.19. The Labute approximate surface area is 120 Å². The summed E-state index contributed by atoms with van der Waals surface area (Å²) in [4.78, 5) is 6.08. The highest BCUT2D eigenvalue weighted by Gasteiger charge is 2.16. The van der Waals surface area contributed by atoms with Crippen molar-refractivity contribution in [2.75, 3.05) is 32.7 Å². The predicted octanol–water partition coefficient (Wildman–Crippen LogP) is 1.76. The Kier molecular flexibility index (Phi) is 4.05. The van der Waals surface area contributed by atoms with Crippen LogP contribution in [-0.4, -0.2) is 47.6 Å². The number of hydrazine groups is 1. The molecule has 0 atom stereocenters. The van der Waals surface area contributed by atoms with Gasteiger partial charge in [0.1, 0.15) is 0 Å². The van der Waals surface area contributed by atoms with Gasteiger partial charge in [-0.25, -0.2) is 5.01 Å². The number of piperazine rings is 1. The molecule has 2 heterocycles. The number of para-hydroxylation sites is 1. The average molecular weight is 272 g/mol. The molecule has 0 spiro atoms. The normalized spacial score (nSPS) is 17.9. The van der Waals surface area contributed by atoms with Crippen LogP contribution in [0.15, 0.2) is 24.3 Å². The van der Waals surface area contributed by atoms with Crippen LogP contribution >= 0.6 is 0 Å². The van der Waals surface area contributed by atoms with Gasteiger partial charge in [0.25, 0.3) is 0 Å². The number of aromatic amines is 1. The van der Waals surface area contributed by atoms with Crippen molar-refractivity contribution < 1.29 is 0 Å². The molecule has 3 rings (SSSR count). The van der Waals surface area contributed by atoms with E-state index < -0.39 is 0 Å². The van der Waals surface area contributed by atoms with Crippen LogP contribution in [0.1, 0.15) is 18.2 Å². The van der Waals surface area contributed by atoms with Crippen molar-refractivity contribution in [3.63, 3.8) is 0 Å². The number of nitrogens with one attached hydrogen (secondary N) is 1. The summed E-state index contributed by atoms with van der Waals surface area (Å²) in [7, 11) is 0. The molecule has 20 heavy (non-hydrogen) atoms.